The number of nitrogens with zero attached hydrogens (tertiary/aromatic N) is 2. The molecule has 0 saturated heterocycles. The van der Waals surface area contributed by atoms with Crippen molar-refractivity contribution in [3.8, 4) is 0 Å². The molecule has 1 amide bonds. The highest BCUT2D eigenvalue weighted by Crippen LogP contribution is 2.15. The SMILES string of the molecule is CON(C)C(=O)CSCc1csc(C)n1. The molecule has 0 N–H and O–H groups in total. The maximum Gasteiger partial charge on any atom is 0.255 e. The molecule has 1 heterocycles. The second-order valence-electron chi connectivity index (χ2n) is 2.92. The topological polar surface area (TPSA) is 42.4 Å². The fraction of sp³-hybridized carbons (Fsp3) is 0.556. The molecule has 0 aromatic carbocycles. The van der Waals surface area contributed by atoms with Crippen molar-refractivity contribution in [1.82, 2.24) is 10.0 Å². The highest BCUT2D eigenvalue weighted by Gasteiger charge is 2.08. The largest absolute Gasteiger partial charge is 0.275 e. The van der Waals surface area contributed by atoms with Crippen molar-refractivity contribution in [2.45, 2.75) is 12.7 Å². The quantitative estimate of drug-likeness (QED) is 0.742. The van der Waals surface area contributed by atoms with Crippen LogP contribution in [0.3, 0.4) is 0 Å². The first kappa shape index (κ1) is 12.5. The lowest BCUT2D eigenvalue weighted by atomic mass is 10.6. The van der Waals surface area contributed by atoms with Gasteiger partial charge in [-0.25, -0.2) is 10.0 Å². The lowest BCUT2D eigenvalue weighted by Crippen LogP contribution is -2.27. The second kappa shape index (κ2) is 6.09. The van der Waals surface area contributed by atoms with Gasteiger partial charge in [-0.05, 0) is 6.92 Å². The molecule has 4 nitrogen and oxygen atoms in total. The number of aromatic nitrogens is 1. The standard InChI is InChI=1S/C9H14N2O2S2/c1-7-10-8(5-15-7)4-14-6-9(12)11(2)13-3/h5H,4,6H2,1-3H3. The molecule has 0 radical (unpaired) electrons. The van der Waals surface area contributed by atoms with E-state index in [0.717, 1.165) is 16.5 Å². The summed E-state index contributed by atoms with van der Waals surface area (Å²) in [5.41, 5.74) is 1.04. The van der Waals surface area contributed by atoms with E-state index >= 15 is 0 Å². The predicted octanol–water partition coefficient (Wildman–Crippen LogP) is 1.70. The van der Waals surface area contributed by atoms with E-state index in [0.29, 0.717) is 5.75 Å². The molecule has 0 aliphatic rings. The number of thiazole rings is 1. The molecular formula is C9H14N2O2S2. The first-order valence-electron chi connectivity index (χ1n) is 4.43. The van der Waals surface area contributed by atoms with Crippen molar-refractivity contribution < 1.29 is 9.63 Å². The summed E-state index contributed by atoms with van der Waals surface area (Å²) in [5, 5.41) is 4.32. The third-order valence-corrected chi connectivity index (χ3v) is 3.54. The predicted molar refractivity (Wildman–Crippen MR) is 62.8 cm³/mol. The summed E-state index contributed by atoms with van der Waals surface area (Å²) in [5.74, 6) is 1.16. The van der Waals surface area contributed by atoms with Gasteiger partial charge in [0.1, 0.15) is 0 Å². The zero-order valence-electron chi connectivity index (χ0n) is 9.02. The summed E-state index contributed by atoms with van der Waals surface area (Å²) in [6.45, 7) is 1.97. The highest BCUT2D eigenvalue weighted by atomic mass is 32.2. The Hall–Kier alpha value is -0.590. The molecule has 0 saturated carbocycles. The number of hydroxylamine groups is 2. The van der Waals surface area contributed by atoms with Crippen LogP contribution in [0.1, 0.15) is 10.7 Å². The Labute approximate surface area is 97.6 Å². The van der Waals surface area contributed by atoms with Gasteiger partial charge in [0.05, 0.1) is 23.6 Å². The van der Waals surface area contributed by atoms with E-state index in [4.69, 9.17) is 4.84 Å². The van der Waals surface area contributed by atoms with Crippen molar-refractivity contribution in [3.05, 3.63) is 16.1 Å². The number of rotatable bonds is 5. The number of hydrogen-bond donors (Lipinski definition) is 0. The van der Waals surface area contributed by atoms with Crippen LogP contribution < -0.4 is 0 Å². The summed E-state index contributed by atoms with van der Waals surface area (Å²) >= 11 is 3.17. The minimum absolute atomic E-state index is 0.0329. The molecule has 0 unspecified atom stereocenters. The van der Waals surface area contributed by atoms with E-state index in [1.807, 2.05) is 12.3 Å². The van der Waals surface area contributed by atoms with E-state index in [-0.39, 0.29) is 5.91 Å². The fourth-order valence-electron chi connectivity index (χ4n) is 0.910. The van der Waals surface area contributed by atoms with Crippen LogP contribution in [0.15, 0.2) is 5.38 Å². The van der Waals surface area contributed by atoms with Gasteiger partial charge in [-0.2, -0.15) is 0 Å². The molecule has 1 aromatic rings. The summed E-state index contributed by atoms with van der Waals surface area (Å²) < 4.78 is 0. The first-order chi connectivity index (χ1) is 7.13. The van der Waals surface area contributed by atoms with Crippen LogP contribution in [-0.4, -0.2) is 35.9 Å². The van der Waals surface area contributed by atoms with Crippen molar-refractivity contribution in [2.24, 2.45) is 0 Å². The van der Waals surface area contributed by atoms with Crippen LogP contribution >= 0.6 is 23.1 Å². The number of aryl methyl sites for hydroxylation is 1. The van der Waals surface area contributed by atoms with Crippen LogP contribution in [0.5, 0.6) is 0 Å². The summed E-state index contributed by atoms with van der Waals surface area (Å²) in [7, 11) is 3.09. The molecular weight excluding hydrogens is 232 g/mol. The number of carbonyl (C=O) groups is 1. The lowest BCUT2D eigenvalue weighted by Gasteiger charge is -2.12. The van der Waals surface area contributed by atoms with Gasteiger partial charge in [0.25, 0.3) is 5.91 Å². The molecule has 15 heavy (non-hydrogen) atoms. The van der Waals surface area contributed by atoms with Gasteiger partial charge in [-0.15, -0.1) is 23.1 Å². The maximum atomic E-state index is 11.3. The first-order valence-corrected chi connectivity index (χ1v) is 6.46. The van der Waals surface area contributed by atoms with E-state index in [9.17, 15) is 4.79 Å². The minimum atomic E-state index is -0.0329. The summed E-state index contributed by atoms with van der Waals surface area (Å²) in [4.78, 5) is 20.4. The molecule has 0 spiro atoms. The Morgan fingerprint density at radius 1 is 1.73 bits per heavy atom. The third-order valence-electron chi connectivity index (χ3n) is 1.77. The van der Waals surface area contributed by atoms with Crippen LogP contribution in [-0.2, 0) is 15.4 Å². The fourth-order valence-corrected chi connectivity index (χ4v) is 2.44. The monoisotopic (exact) mass is 246 g/mol. The van der Waals surface area contributed by atoms with Gasteiger partial charge in [0.2, 0.25) is 0 Å². The minimum Gasteiger partial charge on any atom is -0.275 e. The number of carbonyl (C=O) groups excluding carboxylic acids is 1. The Balaban J connectivity index is 2.24. The second-order valence-corrected chi connectivity index (χ2v) is 4.97. The Bertz CT molecular complexity index is 328. The van der Waals surface area contributed by atoms with Gasteiger partial charge in [0.15, 0.2) is 0 Å². The molecule has 84 valence electrons. The Morgan fingerprint density at radius 3 is 3.00 bits per heavy atom. The smallest absolute Gasteiger partial charge is 0.255 e. The molecule has 0 atom stereocenters. The zero-order valence-corrected chi connectivity index (χ0v) is 10.7. The summed E-state index contributed by atoms with van der Waals surface area (Å²) in [6.07, 6.45) is 0. The van der Waals surface area contributed by atoms with Gasteiger partial charge < -0.3 is 0 Å². The van der Waals surface area contributed by atoms with Crippen LogP contribution in [0.25, 0.3) is 0 Å². The van der Waals surface area contributed by atoms with Gasteiger partial charge in [-0.3, -0.25) is 9.63 Å². The van der Waals surface area contributed by atoms with Gasteiger partial charge in [0, 0.05) is 18.2 Å². The molecule has 1 aromatic heterocycles. The van der Waals surface area contributed by atoms with Crippen molar-refractivity contribution in [3.63, 3.8) is 0 Å². The van der Waals surface area contributed by atoms with Crippen LogP contribution in [0.4, 0.5) is 0 Å². The molecule has 0 aliphatic heterocycles. The molecule has 0 bridgehead atoms. The van der Waals surface area contributed by atoms with Crippen molar-refractivity contribution >= 4 is 29.0 Å². The van der Waals surface area contributed by atoms with Crippen molar-refractivity contribution in [2.75, 3.05) is 19.9 Å². The maximum absolute atomic E-state index is 11.3. The van der Waals surface area contributed by atoms with Gasteiger partial charge in [-0.1, -0.05) is 0 Å². The Morgan fingerprint density at radius 2 is 2.47 bits per heavy atom. The van der Waals surface area contributed by atoms with E-state index in [1.165, 1.54) is 12.2 Å². The third kappa shape index (κ3) is 4.19. The van der Waals surface area contributed by atoms with E-state index in [1.54, 1.807) is 30.1 Å². The van der Waals surface area contributed by atoms with Gasteiger partial charge >= 0.3 is 0 Å². The zero-order chi connectivity index (χ0) is 11.3. The molecule has 6 heteroatoms. The molecule has 0 aliphatic carbocycles. The molecule has 1 rings (SSSR count). The number of amides is 1. The van der Waals surface area contributed by atoms with Crippen LogP contribution in [0, 0.1) is 6.92 Å². The number of hydrogen-bond acceptors (Lipinski definition) is 5. The molecule has 0 fully saturated rings. The van der Waals surface area contributed by atoms with E-state index < -0.39 is 0 Å². The summed E-state index contributed by atoms with van der Waals surface area (Å²) in [6, 6.07) is 0. The lowest BCUT2D eigenvalue weighted by molar-refractivity contribution is -0.165. The van der Waals surface area contributed by atoms with E-state index in [2.05, 4.69) is 4.98 Å². The normalized spacial score (nSPS) is 10.3. The van der Waals surface area contributed by atoms with Crippen LogP contribution in [0.2, 0.25) is 0 Å². The average Bonchev–Trinajstić information content (AvgIpc) is 2.63. The Kier molecular flexibility index (Phi) is 5.07. The highest BCUT2D eigenvalue weighted by molar-refractivity contribution is 7.99. The van der Waals surface area contributed by atoms with Crippen molar-refractivity contribution in [1.29, 1.82) is 0 Å². The average molecular weight is 246 g/mol. The number of thioether (sulfide) groups is 1.